The molecule has 1 aliphatic heterocycles. The summed E-state index contributed by atoms with van der Waals surface area (Å²) in [5, 5.41) is 9.32. The molecular formula is C15H15ClF3KO3. The van der Waals surface area contributed by atoms with Crippen molar-refractivity contribution in [2.24, 2.45) is 0 Å². The van der Waals surface area contributed by atoms with Crippen molar-refractivity contribution < 1.29 is 27.8 Å². The van der Waals surface area contributed by atoms with E-state index in [2.05, 4.69) is 0 Å². The standard InChI is InChI=1S/C15H14ClF3O3.K.H/c1-14(2,3)9-6-11-7(5-10(9)16)4-8(13(20)21)12(22-11)15(17,18)19;;/h4-6,12H,1-3H3,(H,20,21);;/t12-;;/m0../s1. The van der Waals surface area contributed by atoms with E-state index in [1.807, 2.05) is 20.8 Å². The van der Waals surface area contributed by atoms with Crippen LogP contribution in [0.15, 0.2) is 17.7 Å². The minimum absolute atomic E-state index is 0. The summed E-state index contributed by atoms with van der Waals surface area (Å²) in [4.78, 5) is 11.1. The Bertz CT molecular complexity index is 663. The van der Waals surface area contributed by atoms with Gasteiger partial charge in [-0.15, -0.1) is 0 Å². The fraction of sp³-hybridized carbons (Fsp3) is 0.400. The summed E-state index contributed by atoms with van der Waals surface area (Å²) in [5.74, 6) is -1.70. The quantitative estimate of drug-likeness (QED) is 0.761. The number of fused-ring (bicyclic) bond motifs is 1. The number of carbonyl (C=O) groups is 1. The number of ether oxygens (including phenoxy) is 1. The molecule has 1 aromatic rings. The van der Waals surface area contributed by atoms with Gasteiger partial charge in [0, 0.05) is 10.6 Å². The molecule has 2 rings (SSSR count). The average molecular weight is 375 g/mol. The number of carboxylic acids is 1. The van der Waals surface area contributed by atoms with Gasteiger partial charge in [-0.05, 0) is 29.2 Å². The van der Waals surface area contributed by atoms with Gasteiger partial charge in [0.05, 0.1) is 5.57 Å². The first kappa shape index (κ1) is 21.0. The molecule has 1 N–H and O–H groups in total. The molecule has 122 valence electrons. The molecule has 0 aliphatic carbocycles. The van der Waals surface area contributed by atoms with E-state index in [1.165, 1.54) is 12.1 Å². The summed E-state index contributed by atoms with van der Waals surface area (Å²) in [6.07, 6.45) is -6.35. The number of aliphatic carboxylic acids is 1. The van der Waals surface area contributed by atoms with Gasteiger partial charge < -0.3 is 9.84 Å². The first-order chi connectivity index (χ1) is 9.91. The van der Waals surface area contributed by atoms with Crippen LogP contribution in [-0.2, 0) is 10.2 Å². The van der Waals surface area contributed by atoms with E-state index in [0.29, 0.717) is 10.6 Å². The summed E-state index contributed by atoms with van der Waals surface area (Å²) in [6.45, 7) is 5.59. The van der Waals surface area contributed by atoms with E-state index in [4.69, 9.17) is 21.4 Å². The van der Waals surface area contributed by atoms with Crippen LogP contribution in [0.5, 0.6) is 5.75 Å². The van der Waals surface area contributed by atoms with E-state index >= 15 is 0 Å². The SMILES string of the molecule is CC(C)(C)c1cc2c(cc1Cl)C=C(C(=O)O)[C@@H](C(F)(F)F)O2.[KH]. The van der Waals surface area contributed by atoms with Crippen LogP contribution in [0.1, 0.15) is 31.9 Å². The molecule has 0 amide bonds. The van der Waals surface area contributed by atoms with E-state index in [0.717, 1.165) is 6.08 Å². The molecule has 1 atom stereocenters. The van der Waals surface area contributed by atoms with Crippen molar-refractivity contribution in [3.8, 4) is 5.75 Å². The third kappa shape index (κ3) is 4.52. The first-order valence-corrected chi connectivity index (χ1v) is 6.81. The van der Waals surface area contributed by atoms with E-state index in [9.17, 15) is 18.0 Å². The third-order valence-corrected chi connectivity index (χ3v) is 3.60. The Hall–Kier alpha value is -0.0536. The molecule has 0 radical (unpaired) electrons. The van der Waals surface area contributed by atoms with Gasteiger partial charge in [-0.3, -0.25) is 0 Å². The molecule has 0 unspecified atom stereocenters. The number of halogens is 4. The van der Waals surface area contributed by atoms with Gasteiger partial charge in [0.25, 0.3) is 0 Å². The Kier molecular flexibility index (Phi) is 6.44. The topological polar surface area (TPSA) is 46.5 Å². The maximum atomic E-state index is 13.0. The van der Waals surface area contributed by atoms with E-state index < -0.39 is 23.8 Å². The molecule has 0 bridgehead atoms. The Balaban J connectivity index is 0.00000264. The van der Waals surface area contributed by atoms with Crippen molar-refractivity contribution in [1.29, 1.82) is 0 Å². The molecule has 8 heteroatoms. The van der Waals surface area contributed by atoms with Crippen molar-refractivity contribution in [2.45, 2.75) is 38.5 Å². The van der Waals surface area contributed by atoms with Crippen LogP contribution in [0.4, 0.5) is 13.2 Å². The zero-order valence-electron chi connectivity index (χ0n) is 12.1. The van der Waals surface area contributed by atoms with Crippen molar-refractivity contribution in [2.75, 3.05) is 0 Å². The first-order valence-electron chi connectivity index (χ1n) is 6.43. The van der Waals surface area contributed by atoms with Crippen LogP contribution in [0.3, 0.4) is 0 Å². The predicted molar refractivity (Wildman–Crippen MR) is 83.4 cm³/mol. The predicted octanol–water partition coefficient (Wildman–Crippen LogP) is 3.78. The Morgan fingerprint density at radius 2 is 1.83 bits per heavy atom. The Morgan fingerprint density at radius 3 is 2.26 bits per heavy atom. The van der Waals surface area contributed by atoms with Crippen molar-refractivity contribution in [1.82, 2.24) is 0 Å². The van der Waals surface area contributed by atoms with Gasteiger partial charge in [0.1, 0.15) is 5.75 Å². The zero-order chi connectivity index (χ0) is 16.9. The third-order valence-electron chi connectivity index (χ3n) is 3.29. The fourth-order valence-electron chi connectivity index (χ4n) is 2.21. The summed E-state index contributed by atoms with van der Waals surface area (Å²) >= 11 is 6.14. The zero-order valence-corrected chi connectivity index (χ0v) is 12.8. The summed E-state index contributed by atoms with van der Waals surface area (Å²) in [6, 6.07) is 2.86. The number of rotatable bonds is 1. The second-order valence-corrected chi connectivity index (χ2v) is 6.47. The van der Waals surface area contributed by atoms with Crippen LogP contribution < -0.4 is 4.74 Å². The Morgan fingerprint density at radius 1 is 1.26 bits per heavy atom. The van der Waals surface area contributed by atoms with Crippen LogP contribution in [0, 0.1) is 0 Å². The van der Waals surface area contributed by atoms with E-state index in [-0.39, 0.29) is 68.1 Å². The minimum atomic E-state index is -4.82. The molecular weight excluding hydrogens is 360 g/mol. The van der Waals surface area contributed by atoms with Crippen molar-refractivity contribution >= 4 is 75.0 Å². The number of benzene rings is 1. The van der Waals surface area contributed by atoms with Crippen LogP contribution in [0.25, 0.3) is 6.08 Å². The molecule has 0 aromatic heterocycles. The number of alkyl halides is 3. The maximum absolute atomic E-state index is 13.0. The molecule has 23 heavy (non-hydrogen) atoms. The number of hydrogen-bond acceptors (Lipinski definition) is 2. The summed E-state index contributed by atoms with van der Waals surface area (Å²) in [5.41, 5.74) is -0.406. The van der Waals surface area contributed by atoms with Gasteiger partial charge in [-0.25, -0.2) is 4.79 Å². The second kappa shape index (κ2) is 7.05. The summed E-state index contributed by atoms with van der Waals surface area (Å²) < 4.78 is 43.9. The normalized spacial score (nSPS) is 17.5. The Labute approximate surface area is 179 Å². The van der Waals surface area contributed by atoms with Gasteiger partial charge in [-0.2, -0.15) is 13.2 Å². The fourth-order valence-corrected chi connectivity index (χ4v) is 2.66. The van der Waals surface area contributed by atoms with Crippen LogP contribution in [0.2, 0.25) is 5.02 Å². The van der Waals surface area contributed by atoms with Crippen LogP contribution in [-0.4, -0.2) is 74.7 Å². The van der Waals surface area contributed by atoms with Crippen LogP contribution >= 0.6 is 11.6 Å². The van der Waals surface area contributed by atoms with Gasteiger partial charge in [0.2, 0.25) is 6.10 Å². The molecule has 1 heterocycles. The monoisotopic (exact) mass is 374 g/mol. The molecule has 0 fully saturated rings. The molecule has 0 saturated heterocycles. The summed E-state index contributed by atoms with van der Waals surface area (Å²) in [7, 11) is 0. The van der Waals surface area contributed by atoms with Gasteiger partial charge in [0.15, 0.2) is 0 Å². The molecule has 0 spiro atoms. The molecule has 1 aliphatic rings. The second-order valence-electron chi connectivity index (χ2n) is 6.06. The molecule has 1 aromatic carbocycles. The van der Waals surface area contributed by atoms with Crippen molar-refractivity contribution in [3.63, 3.8) is 0 Å². The van der Waals surface area contributed by atoms with Gasteiger partial charge in [-0.1, -0.05) is 32.4 Å². The number of hydrogen-bond donors (Lipinski definition) is 1. The van der Waals surface area contributed by atoms with Gasteiger partial charge >= 0.3 is 63.5 Å². The molecule has 0 saturated carbocycles. The average Bonchev–Trinajstić information content (AvgIpc) is 2.33. The van der Waals surface area contributed by atoms with E-state index in [1.54, 1.807) is 0 Å². The molecule has 3 nitrogen and oxygen atoms in total. The number of carboxylic acid groups (broad SMARTS) is 1. The van der Waals surface area contributed by atoms with Crippen molar-refractivity contribution in [3.05, 3.63) is 33.9 Å².